The van der Waals surface area contributed by atoms with Crippen LogP contribution in [0.4, 0.5) is 10.5 Å². The maximum atomic E-state index is 13.0. The molecule has 0 spiro atoms. The van der Waals surface area contributed by atoms with E-state index in [-0.39, 0.29) is 23.9 Å². The van der Waals surface area contributed by atoms with Gasteiger partial charge in [-0.15, -0.1) is 0 Å². The second-order valence-electron chi connectivity index (χ2n) is 8.90. The summed E-state index contributed by atoms with van der Waals surface area (Å²) in [4.78, 5) is 24.6. The molecule has 1 fully saturated rings. The molecule has 8 nitrogen and oxygen atoms in total. The van der Waals surface area contributed by atoms with E-state index in [0.29, 0.717) is 23.6 Å². The zero-order valence-corrected chi connectivity index (χ0v) is 20.3. The van der Waals surface area contributed by atoms with Crippen molar-refractivity contribution in [3.63, 3.8) is 0 Å². The van der Waals surface area contributed by atoms with Crippen LogP contribution in [0.1, 0.15) is 39.2 Å². The van der Waals surface area contributed by atoms with Crippen LogP contribution in [0.5, 0.6) is 0 Å². The van der Waals surface area contributed by atoms with Gasteiger partial charge in [0.05, 0.1) is 10.3 Å². The Morgan fingerprint density at radius 3 is 2.39 bits per heavy atom. The van der Waals surface area contributed by atoms with Gasteiger partial charge in [0.15, 0.2) is 0 Å². The van der Waals surface area contributed by atoms with Gasteiger partial charge in [-0.25, -0.2) is 17.9 Å². The van der Waals surface area contributed by atoms with E-state index in [1.807, 2.05) is 12.1 Å². The van der Waals surface area contributed by atoms with Crippen LogP contribution >= 0.6 is 11.6 Å². The van der Waals surface area contributed by atoms with Crippen molar-refractivity contribution in [3.05, 3.63) is 59.1 Å². The molecule has 0 heterocycles. The van der Waals surface area contributed by atoms with Crippen molar-refractivity contribution in [1.29, 1.82) is 0 Å². The summed E-state index contributed by atoms with van der Waals surface area (Å²) in [6.45, 7) is 5.26. The summed E-state index contributed by atoms with van der Waals surface area (Å²) in [7, 11) is -3.84. The third kappa shape index (κ3) is 6.69. The Balaban J connectivity index is 1.60. The molecule has 0 aromatic heterocycles. The summed E-state index contributed by atoms with van der Waals surface area (Å²) in [5.74, 6) is -0.200. The van der Waals surface area contributed by atoms with Crippen molar-refractivity contribution in [1.82, 2.24) is 10.0 Å². The zero-order valence-electron chi connectivity index (χ0n) is 18.8. The predicted molar refractivity (Wildman–Crippen MR) is 127 cm³/mol. The van der Waals surface area contributed by atoms with Gasteiger partial charge in [0, 0.05) is 23.8 Å². The highest BCUT2D eigenvalue weighted by Crippen LogP contribution is 2.49. The van der Waals surface area contributed by atoms with Gasteiger partial charge in [0.1, 0.15) is 5.60 Å². The lowest BCUT2D eigenvalue weighted by atomic mass is 9.95. The highest BCUT2D eigenvalue weighted by atomic mass is 35.5. The molecular formula is C23H28ClN3O5S. The number of hydrogen-bond acceptors (Lipinski definition) is 5. The Kier molecular flexibility index (Phi) is 7.36. The van der Waals surface area contributed by atoms with Gasteiger partial charge in [-0.05, 0) is 69.5 Å². The molecule has 3 rings (SSSR count). The quantitative estimate of drug-likeness (QED) is 0.484. The summed E-state index contributed by atoms with van der Waals surface area (Å²) in [6.07, 6.45) is 0.771. The number of hydrogen-bond donors (Lipinski definition) is 3. The average Bonchev–Trinajstić information content (AvgIpc) is 3.52. The Morgan fingerprint density at radius 2 is 1.76 bits per heavy atom. The van der Waals surface area contributed by atoms with E-state index in [0.717, 1.165) is 5.56 Å². The molecule has 2 aromatic carbocycles. The molecule has 2 aromatic rings. The fraction of sp³-hybridized carbons (Fsp3) is 0.391. The van der Waals surface area contributed by atoms with Crippen LogP contribution < -0.4 is 15.4 Å². The monoisotopic (exact) mass is 493 g/mol. The van der Waals surface area contributed by atoms with E-state index in [4.69, 9.17) is 16.3 Å². The number of sulfonamides is 1. The molecule has 33 heavy (non-hydrogen) atoms. The summed E-state index contributed by atoms with van der Waals surface area (Å²) >= 11 is 6.08. The topological polar surface area (TPSA) is 114 Å². The van der Waals surface area contributed by atoms with Crippen LogP contribution in [0, 0.1) is 0 Å². The number of halogens is 1. The van der Waals surface area contributed by atoms with Crippen LogP contribution in [0.3, 0.4) is 0 Å². The molecule has 1 saturated carbocycles. The summed E-state index contributed by atoms with van der Waals surface area (Å²) < 4.78 is 32.8. The molecule has 0 atom stereocenters. The first-order valence-corrected chi connectivity index (χ1v) is 12.4. The van der Waals surface area contributed by atoms with Gasteiger partial charge in [-0.3, -0.25) is 4.79 Å². The van der Waals surface area contributed by atoms with Crippen LogP contribution in [0.25, 0.3) is 0 Å². The Labute approximate surface area is 199 Å². The largest absolute Gasteiger partial charge is 0.444 e. The lowest BCUT2D eigenvalue weighted by Crippen LogP contribution is -2.37. The molecule has 0 unspecified atom stereocenters. The van der Waals surface area contributed by atoms with Crippen molar-refractivity contribution in [2.75, 3.05) is 18.4 Å². The maximum Gasteiger partial charge on any atom is 0.407 e. The molecule has 0 bridgehead atoms. The molecule has 0 saturated heterocycles. The lowest BCUT2D eigenvalue weighted by molar-refractivity contribution is -0.118. The van der Waals surface area contributed by atoms with Gasteiger partial charge >= 0.3 is 6.09 Å². The molecule has 178 valence electrons. The van der Waals surface area contributed by atoms with Gasteiger partial charge in [0.25, 0.3) is 0 Å². The van der Waals surface area contributed by atoms with Crippen LogP contribution in [-0.2, 0) is 25.0 Å². The van der Waals surface area contributed by atoms with E-state index in [1.54, 1.807) is 45.0 Å². The number of amides is 2. The first kappa shape index (κ1) is 25.0. The van der Waals surface area contributed by atoms with Crippen molar-refractivity contribution in [2.45, 2.75) is 49.5 Å². The molecule has 1 aliphatic rings. The normalized spacial score (nSPS) is 14.9. The fourth-order valence-electron chi connectivity index (χ4n) is 3.30. The van der Waals surface area contributed by atoms with Crippen LogP contribution in [-0.4, -0.2) is 39.1 Å². The summed E-state index contributed by atoms with van der Waals surface area (Å²) in [6, 6.07) is 13.2. The van der Waals surface area contributed by atoms with Crippen LogP contribution in [0.15, 0.2) is 53.4 Å². The van der Waals surface area contributed by atoms with Gasteiger partial charge in [-0.1, -0.05) is 29.8 Å². The molecule has 3 N–H and O–H groups in total. The second kappa shape index (κ2) is 9.70. The first-order valence-electron chi connectivity index (χ1n) is 10.6. The smallest absolute Gasteiger partial charge is 0.407 e. The predicted octanol–water partition coefficient (Wildman–Crippen LogP) is 3.81. The van der Waals surface area contributed by atoms with Crippen molar-refractivity contribution in [3.8, 4) is 0 Å². The Bertz CT molecular complexity index is 1140. The van der Waals surface area contributed by atoms with E-state index in [2.05, 4.69) is 15.4 Å². The van der Waals surface area contributed by atoms with Crippen molar-refractivity contribution in [2.24, 2.45) is 0 Å². The highest BCUT2D eigenvalue weighted by Gasteiger charge is 2.51. The third-order valence-electron chi connectivity index (χ3n) is 5.05. The van der Waals surface area contributed by atoms with E-state index >= 15 is 0 Å². The molecule has 0 radical (unpaired) electrons. The molecular weight excluding hydrogens is 466 g/mol. The number of ether oxygens (including phenoxy) is 1. The number of alkyl carbamates (subject to hydrolysis) is 1. The maximum absolute atomic E-state index is 13.0. The van der Waals surface area contributed by atoms with E-state index in [9.17, 15) is 18.0 Å². The SMILES string of the molecule is CC(C)(C)OC(=O)NCCNS(=O)(=O)c1cccc(NC(=O)C2(c3cccc(Cl)c3)CC2)c1. The fourth-order valence-corrected chi connectivity index (χ4v) is 4.56. The highest BCUT2D eigenvalue weighted by molar-refractivity contribution is 7.89. The van der Waals surface area contributed by atoms with Crippen molar-refractivity contribution < 1.29 is 22.7 Å². The second-order valence-corrected chi connectivity index (χ2v) is 11.1. The van der Waals surface area contributed by atoms with Gasteiger partial charge < -0.3 is 15.4 Å². The summed E-state index contributed by atoms with van der Waals surface area (Å²) in [5, 5.41) is 5.88. The Morgan fingerprint density at radius 1 is 1.06 bits per heavy atom. The molecule has 0 aliphatic heterocycles. The standard InChI is InChI=1S/C23H28ClN3O5S/c1-22(2,3)32-21(29)25-12-13-26-33(30,31)19-9-5-8-18(15-19)27-20(28)23(10-11-23)16-6-4-7-17(24)14-16/h4-9,14-15,26H,10-13H2,1-3H3,(H,25,29)(H,27,28). The third-order valence-corrected chi connectivity index (χ3v) is 6.74. The Hall–Kier alpha value is -2.62. The number of nitrogens with one attached hydrogen (secondary N) is 3. The number of carbonyl (C=O) groups excluding carboxylic acids is 2. The number of anilines is 1. The average molecular weight is 494 g/mol. The van der Waals surface area contributed by atoms with E-state index < -0.39 is 27.1 Å². The number of carbonyl (C=O) groups is 2. The zero-order chi connectivity index (χ0) is 24.3. The lowest BCUT2D eigenvalue weighted by Gasteiger charge is -2.19. The van der Waals surface area contributed by atoms with Crippen LogP contribution in [0.2, 0.25) is 5.02 Å². The molecule has 1 aliphatic carbocycles. The van der Waals surface area contributed by atoms with Crippen molar-refractivity contribution >= 4 is 39.3 Å². The molecule has 2 amide bonds. The number of rotatable bonds is 8. The minimum atomic E-state index is -3.84. The van der Waals surface area contributed by atoms with E-state index in [1.165, 1.54) is 12.1 Å². The minimum Gasteiger partial charge on any atom is -0.444 e. The van der Waals surface area contributed by atoms with Gasteiger partial charge in [0.2, 0.25) is 15.9 Å². The first-order chi connectivity index (χ1) is 15.4. The number of benzene rings is 2. The minimum absolute atomic E-state index is 0.00479. The summed E-state index contributed by atoms with van der Waals surface area (Å²) in [5.41, 5.74) is -0.0652. The molecule has 10 heteroatoms. The van der Waals surface area contributed by atoms with Gasteiger partial charge in [-0.2, -0.15) is 0 Å².